The van der Waals surface area contributed by atoms with E-state index < -0.39 is 0 Å². The number of hydrogen-bond donors (Lipinski definition) is 1. The third kappa shape index (κ3) is 6.81. The summed E-state index contributed by atoms with van der Waals surface area (Å²) in [4.78, 5) is 24.0. The number of aromatic nitrogens is 3. The predicted octanol–water partition coefficient (Wildman–Crippen LogP) is 5.27. The van der Waals surface area contributed by atoms with E-state index in [0.29, 0.717) is 28.8 Å². The smallest absolute Gasteiger partial charge is 0.234 e. The van der Waals surface area contributed by atoms with Crippen LogP contribution in [0.25, 0.3) is 0 Å². The number of carbonyl (C=O) groups excluding carboxylic acids is 2. The third-order valence-electron chi connectivity index (χ3n) is 5.08. The highest BCUT2D eigenvalue weighted by Crippen LogP contribution is 2.25. The SMILES string of the molecule is C=CCn1c(COc2ccc(C(C)(C)C)cc2)nnc1SCC(=O)Nc1cccc(C(C)=O)c1. The van der Waals surface area contributed by atoms with Crippen molar-refractivity contribution in [2.75, 3.05) is 11.1 Å². The quantitative estimate of drug-likeness (QED) is 0.243. The number of nitrogens with zero attached hydrogens (tertiary/aromatic N) is 3. The van der Waals surface area contributed by atoms with Gasteiger partial charge in [-0.05, 0) is 42.2 Å². The molecule has 1 heterocycles. The first kappa shape index (κ1) is 25.2. The summed E-state index contributed by atoms with van der Waals surface area (Å²) in [6.45, 7) is 12.6. The Kier molecular flexibility index (Phi) is 8.28. The molecular weight excluding hydrogens is 448 g/mol. The minimum Gasteiger partial charge on any atom is -0.486 e. The van der Waals surface area contributed by atoms with Gasteiger partial charge >= 0.3 is 0 Å². The molecule has 0 spiro atoms. The summed E-state index contributed by atoms with van der Waals surface area (Å²) in [6.07, 6.45) is 1.75. The molecule has 1 amide bonds. The zero-order valence-electron chi connectivity index (χ0n) is 20.0. The Labute approximate surface area is 204 Å². The molecule has 0 saturated heterocycles. The van der Waals surface area contributed by atoms with E-state index in [-0.39, 0.29) is 29.5 Å². The van der Waals surface area contributed by atoms with Crippen LogP contribution in [0, 0.1) is 0 Å². The highest BCUT2D eigenvalue weighted by Gasteiger charge is 2.16. The van der Waals surface area contributed by atoms with E-state index in [0.717, 1.165) is 5.75 Å². The van der Waals surface area contributed by atoms with Gasteiger partial charge in [0.05, 0.1) is 5.75 Å². The highest BCUT2D eigenvalue weighted by molar-refractivity contribution is 7.99. The van der Waals surface area contributed by atoms with Crippen molar-refractivity contribution >= 4 is 29.1 Å². The molecule has 0 fully saturated rings. The van der Waals surface area contributed by atoms with E-state index in [2.05, 4.69) is 55.0 Å². The van der Waals surface area contributed by atoms with Crippen LogP contribution >= 0.6 is 11.8 Å². The topological polar surface area (TPSA) is 86.1 Å². The largest absolute Gasteiger partial charge is 0.486 e. The number of rotatable bonds is 10. The first-order valence-corrected chi connectivity index (χ1v) is 12.0. The zero-order chi connectivity index (χ0) is 24.7. The number of nitrogens with one attached hydrogen (secondary N) is 1. The van der Waals surface area contributed by atoms with Gasteiger partial charge in [0.15, 0.2) is 16.8 Å². The van der Waals surface area contributed by atoms with E-state index in [1.807, 2.05) is 16.7 Å². The van der Waals surface area contributed by atoms with Gasteiger partial charge in [0.2, 0.25) is 5.91 Å². The maximum atomic E-state index is 12.4. The van der Waals surface area contributed by atoms with E-state index in [1.165, 1.54) is 24.2 Å². The van der Waals surface area contributed by atoms with Gasteiger partial charge in [-0.1, -0.05) is 62.9 Å². The molecule has 34 heavy (non-hydrogen) atoms. The number of ether oxygens (including phenoxy) is 1. The number of benzene rings is 2. The maximum absolute atomic E-state index is 12.4. The van der Waals surface area contributed by atoms with E-state index in [1.54, 1.807) is 30.3 Å². The van der Waals surface area contributed by atoms with E-state index in [9.17, 15) is 9.59 Å². The average molecular weight is 479 g/mol. The van der Waals surface area contributed by atoms with Crippen LogP contribution in [0.2, 0.25) is 0 Å². The summed E-state index contributed by atoms with van der Waals surface area (Å²) < 4.78 is 7.80. The lowest BCUT2D eigenvalue weighted by atomic mass is 9.87. The maximum Gasteiger partial charge on any atom is 0.234 e. The number of Topliss-reactive ketones (excluding diaryl/α,β-unsaturated/α-hetero) is 1. The molecule has 7 nitrogen and oxygen atoms in total. The average Bonchev–Trinajstić information content (AvgIpc) is 3.18. The normalized spacial score (nSPS) is 11.2. The molecule has 0 atom stereocenters. The van der Waals surface area contributed by atoms with Crippen molar-refractivity contribution in [3.05, 3.63) is 78.1 Å². The molecule has 0 bridgehead atoms. The monoisotopic (exact) mass is 478 g/mol. The van der Waals surface area contributed by atoms with Crippen LogP contribution in [0.15, 0.2) is 66.3 Å². The Morgan fingerprint density at radius 2 is 1.88 bits per heavy atom. The van der Waals surface area contributed by atoms with Crippen LogP contribution in [0.5, 0.6) is 5.75 Å². The van der Waals surface area contributed by atoms with Crippen LogP contribution in [0.3, 0.4) is 0 Å². The van der Waals surface area contributed by atoms with E-state index in [4.69, 9.17) is 4.74 Å². The van der Waals surface area contributed by atoms with Crippen LogP contribution in [0.1, 0.15) is 49.4 Å². The van der Waals surface area contributed by atoms with Gasteiger partial charge in [0.1, 0.15) is 12.4 Å². The van der Waals surface area contributed by atoms with Gasteiger partial charge in [-0.3, -0.25) is 14.2 Å². The van der Waals surface area contributed by atoms with Gasteiger partial charge in [0.25, 0.3) is 0 Å². The number of hydrogen-bond acceptors (Lipinski definition) is 6. The van der Waals surface area contributed by atoms with Gasteiger partial charge in [-0.25, -0.2) is 0 Å². The fourth-order valence-corrected chi connectivity index (χ4v) is 3.95. The van der Waals surface area contributed by atoms with Gasteiger partial charge < -0.3 is 10.1 Å². The van der Waals surface area contributed by atoms with Gasteiger partial charge in [-0.15, -0.1) is 16.8 Å². The van der Waals surface area contributed by atoms with Crippen molar-refractivity contribution in [1.82, 2.24) is 14.8 Å². The molecule has 178 valence electrons. The van der Waals surface area contributed by atoms with Gasteiger partial charge in [0, 0.05) is 17.8 Å². The minimum atomic E-state index is -0.199. The van der Waals surface area contributed by atoms with Crippen molar-refractivity contribution in [2.45, 2.75) is 51.4 Å². The zero-order valence-corrected chi connectivity index (χ0v) is 20.8. The number of carbonyl (C=O) groups is 2. The fourth-order valence-electron chi connectivity index (χ4n) is 3.19. The molecule has 2 aromatic carbocycles. The number of thioether (sulfide) groups is 1. The predicted molar refractivity (Wildman–Crippen MR) is 135 cm³/mol. The van der Waals surface area contributed by atoms with Crippen molar-refractivity contribution in [3.8, 4) is 5.75 Å². The molecule has 3 aromatic rings. The number of ketones is 1. The first-order valence-electron chi connectivity index (χ1n) is 11.0. The second kappa shape index (κ2) is 11.2. The number of allylic oxidation sites excluding steroid dienone is 1. The van der Waals surface area contributed by atoms with Crippen molar-refractivity contribution in [3.63, 3.8) is 0 Å². The summed E-state index contributed by atoms with van der Waals surface area (Å²) in [6, 6.07) is 14.9. The molecule has 0 aliphatic heterocycles. The van der Waals surface area contributed by atoms with Crippen LogP contribution in [0.4, 0.5) is 5.69 Å². The molecular formula is C26H30N4O3S. The number of anilines is 1. The summed E-state index contributed by atoms with van der Waals surface area (Å²) in [5.74, 6) is 1.30. The Morgan fingerprint density at radius 3 is 2.53 bits per heavy atom. The van der Waals surface area contributed by atoms with Crippen LogP contribution in [-0.2, 0) is 23.4 Å². The Morgan fingerprint density at radius 1 is 1.15 bits per heavy atom. The molecule has 3 rings (SSSR count). The lowest BCUT2D eigenvalue weighted by molar-refractivity contribution is -0.113. The van der Waals surface area contributed by atoms with Crippen LogP contribution in [-0.4, -0.2) is 32.2 Å². The summed E-state index contributed by atoms with van der Waals surface area (Å²) >= 11 is 1.28. The summed E-state index contributed by atoms with van der Waals surface area (Å²) in [5, 5.41) is 11.9. The Bertz CT molecular complexity index is 1160. The minimum absolute atomic E-state index is 0.0529. The van der Waals surface area contributed by atoms with Crippen molar-refractivity contribution < 1.29 is 14.3 Å². The lowest BCUT2D eigenvalue weighted by Gasteiger charge is -2.19. The van der Waals surface area contributed by atoms with Crippen LogP contribution < -0.4 is 10.1 Å². The fraction of sp³-hybridized carbons (Fsp3) is 0.308. The molecule has 0 radical (unpaired) electrons. The molecule has 0 saturated carbocycles. The molecule has 1 aromatic heterocycles. The standard InChI is InChI=1S/C26H30N4O3S/c1-6-14-30-23(16-33-22-12-10-20(11-13-22)26(3,4)5)28-29-25(30)34-17-24(32)27-21-9-7-8-19(15-21)18(2)31/h6-13,15H,1,14,16-17H2,2-5H3,(H,27,32). The first-order chi connectivity index (χ1) is 16.2. The molecule has 0 aliphatic rings. The second-order valence-electron chi connectivity index (χ2n) is 8.83. The van der Waals surface area contributed by atoms with E-state index >= 15 is 0 Å². The highest BCUT2D eigenvalue weighted by atomic mass is 32.2. The second-order valence-corrected chi connectivity index (χ2v) is 9.78. The molecule has 0 aliphatic carbocycles. The Hall–Kier alpha value is -3.39. The molecule has 1 N–H and O–H groups in total. The Balaban J connectivity index is 1.61. The number of amides is 1. The lowest BCUT2D eigenvalue weighted by Crippen LogP contribution is -2.15. The van der Waals surface area contributed by atoms with Crippen molar-refractivity contribution in [1.29, 1.82) is 0 Å². The summed E-state index contributed by atoms with van der Waals surface area (Å²) in [5.41, 5.74) is 2.45. The third-order valence-corrected chi connectivity index (χ3v) is 6.05. The van der Waals surface area contributed by atoms with Crippen molar-refractivity contribution in [2.24, 2.45) is 0 Å². The summed E-state index contributed by atoms with van der Waals surface area (Å²) in [7, 11) is 0. The molecule has 8 heteroatoms. The molecule has 0 unspecified atom stereocenters. The van der Waals surface area contributed by atoms with Gasteiger partial charge in [-0.2, -0.15) is 0 Å².